The number of rotatable bonds is 6. The molecule has 0 bridgehead atoms. The van der Waals surface area contributed by atoms with Crippen molar-refractivity contribution in [1.82, 2.24) is 4.90 Å². The van der Waals surface area contributed by atoms with Crippen LogP contribution in [0.5, 0.6) is 0 Å². The maximum absolute atomic E-state index is 5.82. The van der Waals surface area contributed by atoms with E-state index in [1.807, 2.05) is 7.11 Å². The zero-order chi connectivity index (χ0) is 14.9. The minimum Gasteiger partial charge on any atom is -0.378 e. The normalized spacial score (nSPS) is 28.0. The van der Waals surface area contributed by atoms with Crippen molar-refractivity contribution in [3.63, 3.8) is 0 Å². The molecular formula is C18H28N2O. The summed E-state index contributed by atoms with van der Waals surface area (Å²) in [4.78, 5) is 2.44. The fourth-order valence-electron chi connectivity index (χ4n) is 3.64. The molecule has 1 aliphatic carbocycles. The van der Waals surface area contributed by atoms with Gasteiger partial charge in [-0.25, -0.2) is 0 Å². The van der Waals surface area contributed by atoms with Crippen molar-refractivity contribution in [2.75, 3.05) is 27.2 Å². The highest BCUT2D eigenvalue weighted by atomic mass is 16.5. The smallest absolute Gasteiger partial charge is 0.0684 e. The van der Waals surface area contributed by atoms with Crippen molar-refractivity contribution in [2.24, 2.45) is 11.7 Å². The van der Waals surface area contributed by atoms with E-state index in [9.17, 15) is 0 Å². The van der Waals surface area contributed by atoms with Gasteiger partial charge in [-0.1, -0.05) is 24.3 Å². The second-order valence-electron chi connectivity index (χ2n) is 6.92. The Balaban J connectivity index is 1.59. The quantitative estimate of drug-likeness (QED) is 0.875. The van der Waals surface area contributed by atoms with Gasteiger partial charge in [0.2, 0.25) is 0 Å². The maximum atomic E-state index is 5.82. The van der Waals surface area contributed by atoms with Crippen LogP contribution in [0.3, 0.4) is 0 Å². The summed E-state index contributed by atoms with van der Waals surface area (Å²) in [6.45, 7) is 1.93. The average molecular weight is 288 g/mol. The van der Waals surface area contributed by atoms with E-state index >= 15 is 0 Å². The predicted octanol–water partition coefficient (Wildman–Crippen LogP) is 2.75. The van der Waals surface area contributed by atoms with Crippen LogP contribution in [-0.4, -0.2) is 37.7 Å². The van der Waals surface area contributed by atoms with Gasteiger partial charge in [-0.2, -0.15) is 0 Å². The van der Waals surface area contributed by atoms with Crippen LogP contribution in [-0.2, 0) is 11.2 Å². The molecule has 0 radical (unpaired) electrons. The number of methoxy groups -OCH3 is 1. The van der Waals surface area contributed by atoms with Gasteiger partial charge < -0.3 is 10.5 Å². The number of ether oxygens (including phenoxy) is 1. The molecule has 2 unspecified atom stereocenters. The van der Waals surface area contributed by atoms with Gasteiger partial charge in [-0.3, -0.25) is 4.90 Å². The molecule has 1 aromatic rings. The molecule has 2 atom stereocenters. The molecule has 2 N–H and O–H groups in total. The molecule has 2 fully saturated rings. The highest BCUT2D eigenvalue weighted by molar-refractivity contribution is 5.26. The van der Waals surface area contributed by atoms with Crippen molar-refractivity contribution < 1.29 is 4.74 Å². The third-order valence-electron chi connectivity index (χ3n) is 5.44. The number of aryl methyl sites for hydroxylation is 1. The summed E-state index contributed by atoms with van der Waals surface area (Å²) in [6.07, 6.45) is 5.93. The first-order valence-electron chi connectivity index (χ1n) is 8.20. The van der Waals surface area contributed by atoms with Crippen LogP contribution in [0, 0.1) is 5.92 Å². The standard InChI is InChI=1S/C18H28N2O/c1-20-13-15(12-19)11-17(20)16-5-3-14(4-6-16)7-8-18(21-2)9-10-18/h3-6,15,17H,7-13,19H2,1-2H3. The minimum absolute atomic E-state index is 0.207. The lowest BCUT2D eigenvalue weighted by Crippen LogP contribution is -2.20. The Morgan fingerprint density at radius 1 is 1.29 bits per heavy atom. The number of nitrogens with zero attached hydrogens (tertiary/aromatic N) is 1. The minimum atomic E-state index is 0.207. The van der Waals surface area contributed by atoms with Crippen molar-refractivity contribution in [2.45, 2.75) is 43.7 Å². The van der Waals surface area contributed by atoms with Crippen LogP contribution in [0.4, 0.5) is 0 Å². The molecule has 2 aliphatic rings. The van der Waals surface area contributed by atoms with E-state index in [-0.39, 0.29) is 5.60 Å². The second-order valence-corrected chi connectivity index (χ2v) is 6.92. The average Bonchev–Trinajstić information content (AvgIpc) is 3.21. The number of hydrogen-bond acceptors (Lipinski definition) is 3. The molecule has 0 amide bonds. The fraction of sp³-hybridized carbons (Fsp3) is 0.667. The summed E-state index contributed by atoms with van der Waals surface area (Å²) in [5.74, 6) is 0.649. The summed E-state index contributed by atoms with van der Waals surface area (Å²) in [6, 6.07) is 9.75. The van der Waals surface area contributed by atoms with Crippen LogP contribution in [0.2, 0.25) is 0 Å². The van der Waals surface area contributed by atoms with Crippen LogP contribution in [0.25, 0.3) is 0 Å². The zero-order valence-electron chi connectivity index (χ0n) is 13.3. The molecule has 1 aliphatic heterocycles. The zero-order valence-corrected chi connectivity index (χ0v) is 13.3. The Hall–Kier alpha value is -0.900. The summed E-state index contributed by atoms with van der Waals surface area (Å²) < 4.78 is 5.60. The van der Waals surface area contributed by atoms with Crippen molar-refractivity contribution >= 4 is 0 Å². The van der Waals surface area contributed by atoms with Crippen LogP contribution in [0.15, 0.2) is 24.3 Å². The number of nitrogens with two attached hydrogens (primary N) is 1. The van der Waals surface area contributed by atoms with Crippen LogP contribution in [0.1, 0.15) is 42.9 Å². The van der Waals surface area contributed by atoms with E-state index in [1.165, 1.54) is 30.4 Å². The summed E-state index contributed by atoms with van der Waals surface area (Å²) >= 11 is 0. The van der Waals surface area contributed by atoms with E-state index in [4.69, 9.17) is 10.5 Å². The molecule has 116 valence electrons. The lowest BCUT2D eigenvalue weighted by Gasteiger charge is -2.20. The van der Waals surface area contributed by atoms with E-state index < -0.39 is 0 Å². The maximum Gasteiger partial charge on any atom is 0.0684 e. The van der Waals surface area contributed by atoms with Gasteiger partial charge in [0.05, 0.1) is 5.60 Å². The fourth-order valence-corrected chi connectivity index (χ4v) is 3.64. The summed E-state index contributed by atoms with van der Waals surface area (Å²) in [5, 5.41) is 0. The molecule has 3 nitrogen and oxygen atoms in total. The van der Waals surface area contributed by atoms with Crippen molar-refractivity contribution in [3.8, 4) is 0 Å². The number of benzene rings is 1. The molecule has 1 aromatic carbocycles. The predicted molar refractivity (Wildman–Crippen MR) is 86.3 cm³/mol. The lowest BCUT2D eigenvalue weighted by atomic mass is 9.97. The highest BCUT2D eigenvalue weighted by Crippen LogP contribution is 2.43. The first-order valence-corrected chi connectivity index (χ1v) is 8.20. The molecule has 21 heavy (non-hydrogen) atoms. The topological polar surface area (TPSA) is 38.5 Å². The number of likely N-dealkylation sites (tertiary alicyclic amines) is 1. The SMILES string of the molecule is COC1(CCc2ccc(C3CC(CN)CN3C)cc2)CC1. The number of hydrogen-bond donors (Lipinski definition) is 1. The van der Waals surface area contributed by atoms with Crippen molar-refractivity contribution in [1.29, 1.82) is 0 Å². The van der Waals surface area contributed by atoms with Gasteiger partial charge in [0.25, 0.3) is 0 Å². The Labute approximate surface area is 128 Å². The monoisotopic (exact) mass is 288 g/mol. The largest absolute Gasteiger partial charge is 0.378 e. The summed E-state index contributed by atoms with van der Waals surface area (Å²) in [7, 11) is 4.06. The van der Waals surface area contributed by atoms with Gasteiger partial charge in [0.15, 0.2) is 0 Å². The molecular weight excluding hydrogens is 260 g/mol. The van der Waals surface area contributed by atoms with Gasteiger partial charge in [-0.05, 0) is 62.7 Å². The molecule has 1 heterocycles. The molecule has 3 heteroatoms. The van der Waals surface area contributed by atoms with Crippen LogP contribution < -0.4 is 5.73 Å². The van der Waals surface area contributed by atoms with E-state index in [2.05, 4.69) is 36.2 Å². The molecule has 0 aromatic heterocycles. The van der Waals surface area contributed by atoms with Gasteiger partial charge in [0, 0.05) is 19.7 Å². The van der Waals surface area contributed by atoms with E-state index in [0.717, 1.165) is 25.9 Å². The summed E-state index contributed by atoms with van der Waals surface area (Å²) in [5.41, 5.74) is 8.89. The van der Waals surface area contributed by atoms with Gasteiger partial charge in [0.1, 0.15) is 0 Å². The van der Waals surface area contributed by atoms with Gasteiger partial charge in [-0.15, -0.1) is 0 Å². The Bertz CT molecular complexity index is 467. The molecule has 1 saturated carbocycles. The van der Waals surface area contributed by atoms with E-state index in [0.29, 0.717) is 12.0 Å². The highest BCUT2D eigenvalue weighted by Gasteiger charge is 2.42. The van der Waals surface area contributed by atoms with Crippen molar-refractivity contribution in [3.05, 3.63) is 35.4 Å². The molecule has 1 saturated heterocycles. The third-order valence-corrected chi connectivity index (χ3v) is 5.44. The Morgan fingerprint density at radius 2 is 2.00 bits per heavy atom. The van der Waals surface area contributed by atoms with E-state index in [1.54, 1.807) is 0 Å². The first-order chi connectivity index (χ1) is 10.2. The lowest BCUT2D eigenvalue weighted by molar-refractivity contribution is 0.0731. The molecule has 0 spiro atoms. The molecule has 3 rings (SSSR count). The first kappa shape index (κ1) is 15.0. The Morgan fingerprint density at radius 3 is 2.52 bits per heavy atom. The second kappa shape index (κ2) is 6.07. The van der Waals surface area contributed by atoms with Gasteiger partial charge >= 0.3 is 0 Å². The third kappa shape index (κ3) is 3.31. The van der Waals surface area contributed by atoms with Crippen LogP contribution >= 0.6 is 0 Å². The Kier molecular flexibility index (Phi) is 4.34.